The van der Waals surface area contributed by atoms with E-state index in [1.165, 1.54) is 37.2 Å². The van der Waals surface area contributed by atoms with Crippen LogP contribution in [-0.2, 0) is 14.3 Å². The van der Waals surface area contributed by atoms with Gasteiger partial charge in [-0.15, -0.1) is 0 Å². The molecule has 7 nitrogen and oxygen atoms in total. The standard InChI is InChI=1S/C19H20ClN3O4/c1-12-4-7-15(8-5-12)22-17(24)11-23(3)18(25)13(2)27-19(26)14-6-9-16(20)21-10-14/h4-10,13H,11H2,1-3H3,(H,22,24)/t13-/m1/s1. The Bertz CT molecular complexity index is 822. The van der Waals surface area contributed by atoms with Crippen molar-refractivity contribution in [1.82, 2.24) is 9.88 Å². The number of anilines is 1. The molecule has 142 valence electrons. The van der Waals surface area contributed by atoms with Crippen molar-refractivity contribution in [1.29, 1.82) is 0 Å². The van der Waals surface area contributed by atoms with Gasteiger partial charge in [0.2, 0.25) is 5.91 Å². The van der Waals surface area contributed by atoms with Gasteiger partial charge < -0.3 is 15.0 Å². The molecule has 0 unspecified atom stereocenters. The number of hydrogen-bond donors (Lipinski definition) is 1. The number of aryl methyl sites for hydroxylation is 1. The van der Waals surface area contributed by atoms with Crippen molar-refractivity contribution in [2.45, 2.75) is 20.0 Å². The van der Waals surface area contributed by atoms with Crippen LogP contribution in [0.2, 0.25) is 5.15 Å². The summed E-state index contributed by atoms with van der Waals surface area (Å²) < 4.78 is 5.13. The number of hydrogen-bond acceptors (Lipinski definition) is 5. The van der Waals surface area contributed by atoms with Crippen molar-refractivity contribution in [3.63, 3.8) is 0 Å². The summed E-state index contributed by atoms with van der Waals surface area (Å²) in [6, 6.07) is 10.2. The van der Waals surface area contributed by atoms with Crippen LogP contribution in [0.15, 0.2) is 42.6 Å². The molecular weight excluding hydrogens is 370 g/mol. The zero-order valence-corrected chi connectivity index (χ0v) is 16.0. The van der Waals surface area contributed by atoms with E-state index in [0.29, 0.717) is 5.69 Å². The van der Waals surface area contributed by atoms with Gasteiger partial charge in [0.05, 0.1) is 12.1 Å². The number of likely N-dealkylation sites (N-methyl/N-ethyl adjacent to an activating group) is 1. The van der Waals surface area contributed by atoms with Gasteiger partial charge in [0.25, 0.3) is 5.91 Å². The van der Waals surface area contributed by atoms with Crippen LogP contribution in [0, 0.1) is 6.92 Å². The van der Waals surface area contributed by atoms with Crippen LogP contribution in [-0.4, -0.2) is 47.4 Å². The van der Waals surface area contributed by atoms with Crippen LogP contribution < -0.4 is 5.32 Å². The smallest absolute Gasteiger partial charge is 0.340 e. The molecule has 0 saturated heterocycles. The Kier molecular flexibility index (Phi) is 6.90. The second-order valence-electron chi connectivity index (χ2n) is 6.03. The molecule has 0 bridgehead atoms. The molecule has 0 aliphatic carbocycles. The minimum absolute atomic E-state index is 0.170. The Morgan fingerprint density at radius 1 is 1.19 bits per heavy atom. The number of aromatic nitrogens is 1. The molecule has 0 spiro atoms. The number of amides is 2. The number of halogens is 1. The number of esters is 1. The van der Waals surface area contributed by atoms with Gasteiger partial charge in [-0.05, 0) is 38.1 Å². The number of carbonyl (C=O) groups is 3. The molecular formula is C19H20ClN3O4. The Morgan fingerprint density at radius 3 is 2.44 bits per heavy atom. The van der Waals surface area contributed by atoms with Gasteiger partial charge in [0.1, 0.15) is 5.15 Å². The van der Waals surface area contributed by atoms with Crippen molar-refractivity contribution in [2.24, 2.45) is 0 Å². The summed E-state index contributed by atoms with van der Waals surface area (Å²) >= 11 is 5.67. The third kappa shape index (κ3) is 6.07. The lowest BCUT2D eigenvalue weighted by Crippen LogP contribution is -2.41. The average molecular weight is 390 g/mol. The molecule has 0 aliphatic rings. The Labute approximate surface area is 162 Å². The molecule has 1 N–H and O–H groups in total. The first-order valence-electron chi connectivity index (χ1n) is 8.20. The van der Waals surface area contributed by atoms with E-state index in [1.807, 2.05) is 19.1 Å². The van der Waals surface area contributed by atoms with Crippen molar-refractivity contribution >= 4 is 35.1 Å². The van der Waals surface area contributed by atoms with Gasteiger partial charge in [0, 0.05) is 18.9 Å². The third-order valence-electron chi connectivity index (χ3n) is 3.69. The highest BCUT2D eigenvalue weighted by atomic mass is 35.5. The summed E-state index contributed by atoms with van der Waals surface area (Å²) in [5.41, 5.74) is 1.90. The summed E-state index contributed by atoms with van der Waals surface area (Å²) in [7, 11) is 1.46. The van der Waals surface area contributed by atoms with Gasteiger partial charge in [-0.3, -0.25) is 9.59 Å². The van der Waals surface area contributed by atoms with Crippen LogP contribution in [0.25, 0.3) is 0 Å². The Hall–Kier alpha value is -2.93. The van der Waals surface area contributed by atoms with E-state index in [1.54, 1.807) is 12.1 Å². The fraction of sp³-hybridized carbons (Fsp3) is 0.263. The molecule has 1 atom stereocenters. The van der Waals surface area contributed by atoms with E-state index in [0.717, 1.165) is 5.56 Å². The normalized spacial score (nSPS) is 11.4. The largest absolute Gasteiger partial charge is 0.449 e. The Morgan fingerprint density at radius 2 is 1.85 bits per heavy atom. The topological polar surface area (TPSA) is 88.6 Å². The summed E-state index contributed by atoms with van der Waals surface area (Å²) in [6.07, 6.45) is 0.214. The first-order valence-corrected chi connectivity index (χ1v) is 8.58. The second kappa shape index (κ2) is 9.14. The maximum Gasteiger partial charge on any atom is 0.340 e. The average Bonchev–Trinajstić information content (AvgIpc) is 2.63. The quantitative estimate of drug-likeness (QED) is 0.606. The Balaban J connectivity index is 1.87. The molecule has 0 aliphatic heterocycles. The summed E-state index contributed by atoms with van der Waals surface area (Å²) in [4.78, 5) is 41.4. The summed E-state index contributed by atoms with van der Waals surface area (Å²) in [5.74, 6) is -1.54. The molecule has 2 amide bonds. The van der Waals surface area contributed by atoms with Crippen LogP contribution in [0.1, 0.15) is 22.8 Å². The third-order valence-corrected chi connectivity index (χ3v) is 3.91. The van der Waals surface area contributed by atoms with E-state index in [9.17, 15) is 14.4 Å². The number of rotatable bonds is 6. The van der Waals surface area contributed by atoms with Crippen molar-refractivity contribution in [2.75, 3.05) is 18.9 Å². The van der Waals surface area contributed by atoms with Crippen molar-refractivity contribution < 1.29 is 19.1 Å². The number of ether oxygens (including phenoxy) is 1. The molecule has 8 heteroatoms. The maximum absolute atomic E-state index is 12.3. The number of carbonyl (C=O) groups excluding carboxylic acids is 3. The summed E-state index contributed by atoms with van der Waals surface area (Å²) in [6.45, 7) is 3.22. The molecule has 27 heavy (non-hydrogen) atoms. The number of nitrogens with one attached hydrogen (secondary N) is 1. The van der Waals surface area contributed by atoms with Gasteiger partial charge in [-0.2, -0.15) is 0 Å². The van der Waals surface area contributed by atoms with Crippen LogP contribution >= 0.6 is 11.6 Å². The molecule has 0 radical (unpaired) electrons. The highest BCUT2D eigenvalue weighted by molar-refractivity contribution is 6.29. The van der Waals surface area contributed by atoms with Crippen LogP contribution in [0.4, 0.5) is 5.69 Å². The minimum Gasteiger partial charge on any atom is -0.449 e. The molecule has 0 saturated carbocycles. The SMILES string of the molecule is Cc1ccc(NC(=O)CN(C)C(=O)[C@@H](C)OC(=O)c2ccc(Cl)nc2)cc1. The molecule has 2 aromatic rings. The van der Waals surface area contributed by atoms with E-state index >= 15 is 0 Å². The van der Waals surface area contributed by atoms with Crippen LogP contribution in [0.3, 0.4) is 0 Å². The second-order valence-corrected chi connectivity index (χ2v) is 6.41. The first-order chi connectivity index (χ1) is 12.8. The van der Waals surface area contributed by atoms with E-state index in [4.69, 9.17) is 16.3 Å². The fourth-order valence-electron chi connectivity index (χ4n) is 2.22. The number of benzene rings is 1. The van der Waals surface area contributed by atoms with Crippen molar-refractivity contribution in [3.8, 4) is 0 Å². The molecule has 0 fully saturated rings. The first kappa shape index (κ1) is 20.4. The molecule has 1 aromatic heterocycles. The fourth-order valence-corrected chi connectivity index (χ4v) is 2.33. The molecule has 1 aromatic carbocycles. The van der Waals surface area contributed by atoms with Gasteiger partial charge in [-0.1, -0.05) is 29.3 Å². The number of nitrogens with zero attached hydrogens (tertiary/aromatic N) is 2. The van der Waals surface area contributed by atoms with E-state index in [-0.39, 0.29) is 23.2 Å². The zero-order valence-electron chi connectivity index (χ0n) is 15.2. The minimum atomic E-state index is -1.05. The predicted octanol–water partition coefficient (Wildman–Crippen LogP) is 2.69. The number of pyridine rings is 1. The van der Waals surface area contributed by atoms with Crippen LogP contribution in [0.5, 0.6) is 0 Å². The predicted molar refractivity (Wildman–Crippen MR) is 102 cm³/mol. The van der Waals surface area contributed by atoms with Gasteiger partial charge in [-0.25, -0.2) is 9.78 Å². The lowest BCUT2D eigenvalue weighted by atomic mass is 10.2. The van der Waals surface area contributed by atoms with Crippen molar-refractivity contribution in [3.05, 3.63) is 58.9 Å². The zero-order chi connectivity index (χ0) is 20.0. The summed E-state index contributed by atoms with van der Waals surface area (Å²) in [5, 5.41) is 2.95. The lowest BCUT2D eigenvalue weighted by molar-refractivity contribution is -0.140. The van der Waals surface area contributed by atoms with E-state index in [2.05, 4.69) is 10.3 Å². The van der Waals surface area contributed by atoms with Gasteiger partial charge >= 0.3 is 5.97 Å². The lowest BCUT2D eigenvalue weighted by Gasteiger charge is -2.21. The molecule has 2 rings (SSSR count). The van der Waals surface area contributed by atoms with E-state index < -0.39 is 18.0 Å². The molecule has 1 heterocycles. The monoisotopic (exact) mass is 389 g/mol. The van der Waals surface area contributed by atoms with Gasteiger partial charge in [0.15, 0.2) is 6.10 Å². The highest BCUT2D eigenvalue weighted by Gasteiger charge is 2.23. The maximum atomic E-state index is 12.3. The highest BCUT2D eigenvalue weighted by Crippen LogP contribution is 2.10.